The normalized spacial score (nSPS) is 11.9. The highest BCUT2D eigenvalue weighted by Crippen LogP contribution is 2.33. The Bertz CT molecular complexity index is 1310. The molecule has 0 bridgehead atoms. The van der Waals surface area contributed by atoms with Gasteiger partial charge in [-0.1, -0.05) is 44.0 Å². The number of fused-ring (bicyclic) bond motifs is 3. The summed E-state index contributed by atoms with van der Waals surface area (Å²) in [7, 11) is 0. The summed E-state index contributed by atoms with van der Waals surface area (Å²) in [5.41, 5.74) is 9.41. The maximum Gasteiger partial charge on any atom is 0.573 e. The number of rotatable bonds is 8. The number of halogens is 3. The second-order valence-corrected chi connectivity index (χ2v) is 8.07. The number of aromatic nitrogens is 1. The lowest BCUT2D eigenvalue weighted by atomic mass is 10.0. The molecular weight excluding hydrogens is 429 g/mol. The summed E-state index contributed by atoms with van der Waals surface area (Å²) in [6, 6.07) is 18.6. The van der Waals surface area contributed by atoms with Crippen molar-refractivity contribution in [2.75, 3.05) is 0 Å². The van der Waals surface area contributed by atoms with Gasteiger partial charge in [0.05, 0.1) is 11.0 Å². The lowest BCUT2D eigenvalue weighted by Crippen LogP contribution is -2.17. The van der Waals surface area contributed by atoms with Crippen LogP contribution >= 0.6 is 0 Å². The third-order valence-corrected chi connectivity index (χ3v) is 5.66. The molecule has 0 aliphatic carbocycles. The van der Waals surface area contributed by atoms with E-state index in [1.165, 1.54) is 18.2 Å². The van der Waals surface area contributed by atoms with Gasteiger partial charge in [0.2, 0.25) is 5.91 Å². The molecule has 0 fully saturated rings. The maximum atomic E-state index is 12.7. The fourth-order valence-corrected chi connectivity index (χ4v) is 4.22. The Morgan fingerprint density at radius 3 is 2.58 bits per heavy atom. The van der Waals surface area contributed by atoms with Crippen LogP contribution in [0, 0.1) is 6.07 Å². The quantitative estimate of drug-likeness (QED) is 0.315. The Kier molecular flexibility index (Phi) is 6.31. The van der Waals surface area contributed by atoms with Crippen molar-refractivity contribution < 1.29 is 22.7 Å². The number of nitrogens with two attached hydrogens (primary N) is 1. The van der Waals surface area contributed by atoms with Crippen LogP contribution in [0.4, 0.5) is 13.2 Å². The van der Waals surface area contributed by atoms with Crippen LogP contribution in [0.5, 0.6) is 5.75 Å². The summed E-state index contributed by atoms with van der Waals surface area (Å²) >= 11 is 0. The van der Waals surface area contributed by atoms with Gasteiger partial charge in [-0.15, -0.1) is 13.2 Å². The van der Waals surface area contributed by atoms with Crippen molar-refractivity contribution >= 4 is 27.7 Å². The Hall–Kier alpha value is -3.48. The fourth-order valence-electron chi connectivity index (χ4n) is 4.22. The van der Waals surface area contributed by atoms with Crippen LogP contribution < -0.4 is 10.5 Å². The van der Waals surface area contributed by atoms with Gasteiger partial charge < -0.3 is 15.0 Å². The Balaban J connectivity index is 1.84. The summed E-state index contributed by atoms with van der Waals surface area (Å²) in [6.07, 6.45) is -0.563. The first-order chi connectivity index (χ1) is 15.8. The number of amides is 1. The molecule has 0 spiro atoms. The number of hydrogen-bond acceptors (Lipinski definition) is 2. The Morgan fingerprint density at radius 1 is 1.06 bits per heavy atom. The van der Waals surface area contributed by atoms with E-state index in [9.17, 15) is 18.0 Å². The first-order valence-electron chi connectivity index (χ1n) is 10.9. The second-order valence-electron chi connectivity index (χ2n) is 8.07. The van der Waals surface area contributed by atoms with Crippen LogP contribution in [-0.2, 0) is 13.0 Å². The molecular formula is C26H24F3N2O2. The number of nitrogens with zero attached hydrogens (tertiary/aromatic N) is 1. The Morgan fingerprint density at radius 2 is 1.85 bits per heavy atom. The molecule has 33 heavy (non-hydrogen) atoms. The smallest absolute Gasteiger partial charge is 0.406 e. The van der Waals surface area contributed by atoms with Crippen molar-refractivity contribution in [1.82, 2.24) is 4.57 Å². The number of carbonyl (C=O) groups is 1. The van der Waals surface area contributed by atoms with E-state index in [2.05, 4.69) is 23.8 Å². The molecule has 0 unspecified atom stereocenters. The van der Waals surface area contributed by atoms with Crippen molar-refractivity contribution in [3.63, 3.8) is 0 Å². The van der Waals surface area contributed by atoms with Crippen LogP contribution in [-0.4, -0.2) is 16.8 Å². The Labute approximate surface area is 189 Å². The largest absolute Gasteiger partial charge is 0.573 e. The van der Waals surface area contributed by atoms with Crippen molar-refractivity contribution in [3.05, 3.63) is 77.4 Å². The monoisotopic (exact) mass is 453 g/mol. The molecule has 4 nitrogen and oxygen atoms in total. The third kappa shape index (κ3) is 4.97. The highest BCUT2D eigenvalue weighted by Gasteiger charge is 2.31. The minimum Gasteiger partial charge on any atom is -0.406 e. The number of carbonyl (C=O) groups excluding carboxylic acids is 1. The van der Waals surface area contributed by atoms with Crippen molar-refractivity contribution in [2.45, 2.75) is 45.5 Å². The van der Waals surface area contributed by atoms with Crippen LogP contribution in [0.1, 0.15) is 47.7 Å². The summed E-state index contributed by atoms with van der Waals surface area (Å²) in [6.45, 7) is 2.44. The lowest BCUT2D eigenvalue weighted by molar-refractivity contribution is -0.274. The lowest BCUT2D eigenvalue weighted by Gasteiger charge is -2.12. The SMILES string of the molecule is CCCCCc1c[c]c2c3c(C(N)=O)cccc3n(Cc3cccc(OC(F)(F)F)c3)c2c1. The molecule has 7 heteroatoms. The van der Waals surface area contributed by atoms with Crippen LogP contribution in [0.25, 0.3) is 21.8 Å². The summed E-state index contributed by atoms with van der Waals surface area (Å²) in [4.78, 5) is 12.1. The third-order valence-electron chi connectivity index (χ3n) is 5.66. The van der Waals surface area contributed by atoms with E-state index < -0.39 is 12.3 Å². The number of alkyl halides is 3. The number of hydrogen-bond donors (Lipinski definition) is 1. The van der Waals surface area contributed by atoms with Gasteiger partial charge in [0.15, 0.2) is 0 Å². The van der Waals surface area contributed by atoms with Gasteiger partial charge in [0.25, 0.3) is 0 Å². The molecule has 0 aliphatic heterocycles. The zero-order valence-electron chi connectivity index (χ0n) is 18.2. The van der Waals surface area contributed by atoms with E-state index in [1.54, 1.807) is 18.2 Å². The molecule has 1 radical (unpaired) electrons. The molecule has 4 aromatic rings. The first-order valence-corrected chi connectivity index (χ1v) is 10.9. The van der Waals surface area contributed by atoms with E-state index in [0.717, 1.165) is 47.7 Å². The molecule has 2 N–H and O–H groups in total. The van der Waals surface area contributed by atoms with Gasteiger partial charge in [0.1, 0.15) is 5.75 Å². The highest BCUT2D eigenvalue weighted by molar-refractivity contribution is 6.17. The van der Waals surface area contributed by atoms with E-state index >= 15 is 0 Å². The van der Waals surface area contributed by atoms with Crippen molar-refractivity contribution in [3.8, 4) is 5.75 Å². The highest BCUT2D eigenvalue weighted by atomic mass is 19.4. The van der Waals surface area contributed by atoms with Gasteiger partial charge in [-0.25, -0.2) is 0 Å². The molecule has 4 rings (SSSR count). The van der Waals surface area contributed by atoms with Gasteiger partial charge in [0, 0.05) is 22.9 Å². The average Bonchev–Trinajstić information content (AvgIpc) is 3.06. The fraction of sp³-hybridized carbons (Fsp3) is 0.269. The minimum absolute atomic E-state index is 0.273. The number of benzene rings is 3. The zero-order valence-corrected chi connectivity index (χ0v) is 18.2. The molecule has 0 saturated heterocycles. The molecule has 1 aromatic heterocycles. The first kappa shape index (κ1) is 22.7. The molecule has 0 atom stereocenters. The predicted octanol–water partition coefficient (Wildman–Crippen LogP) is 6.37. The predicted molar refractivity (Wildman–Crippen MR) is 122 cm³/mol. The van der Waals surface area contributed by atoms with Crippen LogP contribution in [0.2, 0.25) is 0 Å². The van der Waals surface area contributed by atoms with Crippen LogP contribution in [0.15, 0.2) is 54.6 Å². The van der Waals surface area contributed by atoms with Gasteiger partial charge in [-0.3, -0.25) is 4.79 Å². The van der Waals surface area contributed by atoms with Gasteiger partial charge in [-0.2, -0.15) is 0 Å². The number of aryl methyl sites for hydroxylation is 1. The van der Waals surface area contributed by atoms with Crippen molar-refractivity contribution in [1.29, 1.82) is 0 Å². The van der Waals surface area contributed by atoms with Gasteiger partial charge >= 0.3 is 6.36 Å². The van der Waals surface area contributed by atoms with E-state index in [0.29, 0.717) is 23.1 Å². The maximum absolute atomic E-state index is 12.7. The van der Waals surface area contributed by atoms with E-state index in [-0.39, 0.29) is 5.75 Å². The van der Waals surface area contributed by atoms with Crippen LogP contribution in [0.3, 0.4) is 0 Å². The molecule has 1 heterocycles. The summed E-state index contributed by atoms with van der Waals surface area (Å²) < 4.78 is 44.1. The number of unbranched alkanes of at least 4 members (excludes halogenated alkanes) is 2. The van der Waals surface area contributed by atoms with Gasteiger partial charge in [-0.05, 0) is 60.4 Å². The average molecular weight is 453 g/mol. The molecule has 1 amide bonds. The molecule has 0 aliphatic rings. The number of ether oxygens (including phenoxy) is 1. The second kappa shape index (κ2) is 9.17. The number of primary amides is 1. The standard InChI is InChI=1S/C26H24F3N2O2/c1-2-3-4-7-17-12-13-20-23(15-17)31(22-11-6-10-21(24(20)22)25(30)32)16-18-8-5-9-19(14-18)33-26(27,28)29/h5-6,8-12,14-15H,2-4,7,16H2,1H3,(H2,30,32). The molecule has 0 saturated carbocycles. The zero-order chi connectivity index (χ0) is 23.6. The van der Waals surface area contributed by atoms with E-state index in [4.69, 9.17) is 5.73 Å². The van der Waals surface area contributed by atoms with Crippen molar-refractivity contribution in [2.24, 2.45) is 5.73 Å². The minimum atomic E-state index is -4.76. The molecule has 3 aromatic carbocycles. The topological polar surface area (TPSA) is 57.2 Å². The summed E-state index contributed by atoms with van der Waals surface area (Å²) in [5.74, 6) is -0.814. The molecule has 171 valence electrons. The summed E-state index contributed by atoms with van der Waals surface area (Å²) in [5, 5.41) is 1.46. The van der Waals surface area contributed by atoms with E-state index in [1.807, 2.05) is 16.7 Å².